The van der Waals surface area contributed by atoms with Crippen molar-refractivity contribution in [3.05, 3.63) is 51.5 Å². The van der Waals surface area contributed by atoms with Crippen LogP contribution in [-0.4, -0.2) is 16.7 Å². The molecule has 3 rings (SSSR count). The number of amides is 1. The van der Waals surface area contributed by atoms with E-state index < -0.39 is 0 Å². The number of anilines is 2. The Bertz CT molecular complexity index is 981. The van der Waals surface area contributed by atoms with Crippen LogP contribution in [0.4, 0.5) is 11.4 Å². The molecular weight excluding hydrogens is 346 g/mol. The Labute approximate surface area is 147 Å². The number of nitrogens with zero attached hydrogens (tertiary/aromatic N) is 1. The third-order valence-electron chi connectivity index (χ3n) is 3.58. The Morgan fingerprint density at radius 3 is 2.71 bits per heavy atom. The standard InChI is InChI=1S/C17H14ClN3O2S/c1-8-12(9(2)22)7-13-14(19)15(24-17(13)20-8)16(23)21-11-5-3-4-10(18)6-11/h3-7H,19H2,1-2H3,(H,21,23). The van der Waals surface area contributed by atoms with Crippen LogP contribution in [0.15, 0.2) is 30.3 Å². The van der Waals surface area contributed by atoms with Crippen molar-refractivity contribution < 1.29 is 9.59 Å². The minimum Gasteiger partial charge on any atom is -0.397 e. The number of benzene rings is 1. The molecule has 0 aliphatic rings. The van der Waals surface area contributed by atoms with Crippen molar-refractivity contribution in [3.8, 4) is 0 Å². The second-order valence-electron chi connectivity index (χ2n) is 5.34. The molecule has 2 heterocycles. The van der Waals surface area contributed by atoms with E-state index in [0.717, 1.165) is 0 Å². The average molecular weight is 360 g/mol. The summed E-state index contributed by atoms with van der Waals surface area (Å²) in [5.41, 5.74) is 8.15. The Morgan fingerprint density at radius 1 is 1.29 bits per heavy atom. The number of rotatable bonds is 3. The fourth-order valence-corrected chi connectivity index (χ4v) is 3.62. The maximum Gasteiger partial charge on any atom is 0.267 e. The van der Waals surface area contributed by atoms with E-state index in [0.29, 0.717) is 42.7 Å². The molecule has 0 saturated carbocycles. The van der Waals surface area contributed by atoms with Crippen LogP contribution >= 0.6 is 22.9 Å². The molecule has 0 aliphatic carbocycles. The quantitative estimate of drug-likeness (QED) is 0.683. The lowest BCUT2D eigenvalue weighted by molar-refractivity contribution is 0.101. The largest absolute Gasteiger partial charge is 0.397 e. The molecule has 7 heteroatoms. The van der Waals surface area contributed by atoms with Crippen LogP contribution in [-0.2, 0) is 0 Å². The second kappa shape index (κ2) is 6.22. The Kier molecular flexibility index (Phi) is 4.26. The van der Waals surface area contributed by atoms with E-state index in [9.17, 15) is 9.59 Å². The molecule has 0 unspecified atom stereocenters. The van der Waals surface area contributed by atoms with Crippen LogP contribution in [0.25, 0.3) is 10.2 Å². The lowest BCUT2D eigenvalue weighted by atomic mass is 10.1. The van der Waals surface area contributed by atoms with Gasteiger partial charge < -0.3 is 11.1 Å². The summed E-state index contributed by atoms with van der Waals surface area (Å²) < 4.78 is 0. The minimum atomic E-state index is -0.334. The first-order valence-corrected chi connectivity index (χ1v) is 8.33. The monoisotopic (exact) mass is 359 g/mol. The number of fused-ring (bicyclic) bond motifs is 1. The van der Waals surface area contributed by atoms with E-state index in [1.54, 1.807) is 37.3 Å². The molecule has 0 spiro atoms. The van der Waals surface area contributed by atoms with Crippen molar-refractivity contribution in [1.29, 1.82) is 0 Å². The van der Waals surface area contributed by atoms with Gasteiger partial charge in [-0.15, -0.1) is 11.3 Å². The molecule has 1 aromatic carbocycles. The van der Waals surface area contributed by atoms with Crippen LogP contribution in [0.5, 0.6) is 0 Å². The number of hydrogen-bond donors (Lipinski definition) is 2. The third kappa shape index (κ3) is 2.98. The summed E-state index contributed by atoms with van der Waals surface area (Å²) >= 11 is 7.12. The zero-order valence-electron chi connectivity index (χ0n) is 13.0. The molecule has 0 atom stereocenters. The summed E-state index contributed by atoms with van der Waals surface area (Å²) in [5.74, 6) is -0.419. The van der Waals surface area contributed by atoms with E-state index in [2.05, 4.69) is 10.3 Å². The maximum absolute atomic E-state index is 12.5. The van der Waals surface area contributed by atoms with Gasteiger partial charge in [-0.3, -0.25) is 9.59 Å². The number of carbonyl (C=O) groups is 2. The zero-order valence-corrected chi connectivity index (χ0v) is 14.6. The number of halogens is 1. The highest BCUT2D eigenvalue weighted by atomic mass is 35.5. The molecule has 24 heavy (non-hydrogen) atoms. The zero-order chi connectivity index (χ0) is 17.4. The lowest BCUT2D eigenvalue weighted by Gasteiger charge is -2.04. The van der Waals surface area contributed by atoms with Crippen molar-refractivity contribution >= 4 is 56.2 Å². The highest BCUT2D eigenvalue weighted by Crippen LogP contribution is 2.34. The van der Waals surface area contributed by atoms with E-state index >= 15 is 0 Å². The van der Waals surface area contributed by atoms with Gasteiger partial charge >= 0.3 is 0 Å². The topological polar surface area (TPSA) is 85.1 Å². The molecule has 122 valence electrons. The predicted octanol–water partition coefficient (Wildman–Crippen LogP) is 4.30. The number of hydrogen-bond acceptors (Lipinski definition) is 5. The van der Waals surface area contributed by atoms with Crippen molar-refractivity contribution in [1.82, 2.24) is 4.98 Å². The fourth-order valence-electron chi connectivity index (χ4n) is 2.41. The van der Waals surface area contributed by atoms with Crippen LogP contribution in [0, 0.1) is 6.92 Å². The first-order valence-electron chi connectivity index (χ1n) is 7.14. The van der Waals surface area contributed by atoms with Crippen molar-refractivity contribution in [3.63, 3.8) is 0 Å². The predicted molar refractivity (Wildman–Crippen MR) is 98.2 cm³/mol. The van der Waals surface area contributed by atoms with Crippen LogP contribution < -0.4 is 11.1 Å². The number of carbonyl (C=O) groups excluding carboxylic acids is 2. The highest BCUT2D eigenvalue weighted by Gasteiger charge is 2.19. The summed E-state index contributed by atoms with van der Waals surface area (Å²) in [7, 11) is 0. The number of nitrogens with two attached hydrogens (primary N) is 1. The summed E-state index contributed by atoms with van der Waals surface area (Å²) in [6.07, 6.45) is 0. The third-order valence-corrected chi connectivity index (χ3v) is 4.93. The summed E-state index contributed by atoms with van der Waals surface area (Å²) in [4.78, 5) is 29.6. The van der Waals surface area contributed by atoms with Gasteiger partial charge in [0, 0.05) is 27.4 Å². The number of Topliss-reactive ketones (excluding diaryl/α,β-unsaturated/α-hetero) is 1. The Hall–Kier alpha value is -2.44. The van der Waals surface area contributed by atoms with Crippen LogP contribution in [0.2, 0.25) is 5.02 Å². The molecule has 3 N–H and O–H groups in total. The SMILES string of the molecule is CC(=O)c1cc2c(N)c(C(=O)Nc3cccc(Cl)c3)sc2nc1C. The van der Waals surface area contributed by atoms with Gasteiger partial charge in [0.2, 0.25) is 0 Å². The minimum absolute atomic E-state index is 0.0857. The van der Waals surface area contributed by atoms with Gasteiger partial charge in [0.05, 0.1) is 5.69 Å². The van der Waals surface area contributed by atoms with Gasteiger partial charge in [0.25, 0.3) is 5.91 Å². The number of aryl methyl sites for hydroxylation is 1. The van der Waals surface area contributed by atoms with E-state index in [1.165, 1.54) is 18.3 Å². The Morgan fingerprint density at radius 2 is 2.04 bits per heavy atom. The van der Waals surface area contributed by atoms with E-state index in [4.69, 9.17) is 17.3 Å². The number of nitrogen functional groups attached to an aromatic ring is 1. The van der Waals surface area contributed by atoms with Gasteiger partial charge in [-0.2, -0.15) is 0 Å². The van der Waals surface area contributed by atoms with Gasteiger partial charge in [0.1, 0.15) is 9.71 Å². The molecule has 3 aromatic rings. The molecule has 5 nitrogen and oxygen atoms in total. The lowest BCUT2D eigenvalue weighted by Crippen LogP contribution is -2.11. The number of thiophene rings is 1. The molecular formula is C17H14ClN3O2S. The highest BCUT2D eigenvalue weighted by molar-refractivity contribution is 7.21. The Balaban J connectivity index is 2.02. The summed E-state index contributed by atoms with van der Waals surface area (Å²) in [6, 6.07) is 8.56. The number of aromatic nitrogens is 1. The maximum atomic E-state index is 12.5. The summed E-state index contributed by atoms with van der Waals surface area (Å²) in [6.45, 7) is 3.24. The molecule has 0 bridgehead atoms. The van der Waals surface area contributed by atoms with Crippen molar-refractivity contribution in [2.75, 3.05) is 11.1 Å². The molecule has 2 aromatic heterocycles. The molecule has 0 fully saturated rings. The molecule has 1 amide bonds. The fraction of sp³-hybridized carbons (Fsp3) is 0.118. The second-order valence-corrected chi connectivity index (χ2v) is 6.78. The van der Waals surface area contributed by atoms with E-state index in [-0.39, 0.29) is 11.7 Å². The van der Waals surface area contributed by atoms with Gasteiger partial charge in [0.15, 0.2) is 5.78 Å². The number of nitrogens with one attached hydrogen (secondary N) is 1. The van der Waals surface area contributed by atoms with E-state index in [1.807, 2.05) is 0 Å². The normalized spacial score (nSPS) is 10.8. The van der Waals surface area contributed by atoms with Gasteiger partial charge in [-0.05, 0) is 38.1 Å². The van der Waals surface area contributed by atoms with Crippen LogP contribution in [0.3, 0.4) is 0 Å². The first kappa shape index (κ1) is 16.4. The van der Waals surface area contributed by atoms with Gasteiger partial charge in [-0.25, -0.2) is 4.98 Å². The average Bonchev–Trinajstić information content (AvgIpc) is 2.82. The number of ketones is 1. The molecule has 0 aliphatic heterocycles. The van der Waals surface area contributed by atoms with Crippen LogP contribution in [0.1, 0.15) is 32.6 Å². The number of pyridine rings is 1. The smallest absolute Gasteiger partial charge is 0.267 e. The molecule has 0 radical (unpaired) electrons. The first-order chi connectivity index (χ1) is 11.4. The van der Waals surface area contributed by atoms with Gasteiger partial charge in [-0.1, -0.05) is 17.7 Å². The van der Waals surface area contributed by atoms with Crippen molar-refractivity contribution in [2.24, 2.45) is 0 Å². The van der Waals surface area contributed by atoms with Crippen molar-refractivity contribution in [2.45, 2.75) is 13.8 Å². The summed E-state index contributed by atoms with van der Waals surface area (Å²) in [5, 5.41) is 3.91. The molecule has 0 saturated heterocycles.